The van der Waals surface area contributed by atoms with Crippen molar-refractivity contribution in [3.8, 4) is 0 Å². The van der Waals surface area contributed by atoms with Gasteiger partial charge in [0.05, 0.1) is 6.61 Å². The standard InChI is InChI=1S/C15H23N5O2/c1-3-22-9-8-14(21)18-10-12-4-6-13(7-5-12)15(17)20-19-11(2)16/h4-7H,3,8-10H2,1-2H3,(H2,16,19)(H2,17,20)(H,18,21). The van der Waals surface area contributed by atoms with E-state index in [-0.39, 0.29) is 11.7 Å². The third-order valence-corrected chi connectivity index (χ3v) is 2.73. The van der Waals surface area contributed by atoms with Gasteiger partial charge in [-0.05, 0) is 19.4 Å². The topological polar surface area (TPSA) is 115 Å². The van der Waals surface area contributed by atoms with Crippen molar-refractivity contribution in [1.29, 1.82) is 0 Å². The van der Waals surface area contributed by atoms with Gasteiger partial charge in [-0.25, -0.2) is 0 Å². The summed E-state index contributed by atoms with van der Waals surface area (Å²) in [6.07, 6.45) is 0.363. The molecule has 1 rings (SSSR count). The summed E-state index contributed by atoms with van der Waals surface area (Å²) in [7, 11) is 0. The number of carbonyl (C=O) groups is 1. The first-order valence-corrected chi connectivity index (χ1v) is 7.10. The third kappa shape index (κ3) is 6.85. The predicted octanol–water partition coefficient (Wildman–Crippen LogP) is 0.727. The minimum absolute atomic E-state index is 0.0358. The number of amidine groups is 2. The highest BCUT2D eigenvalue weighted by Gasteiger charge is 2.02. The van der Waals surface area contributed by atoms with Gasteiger partial charge in [-0.2, -0.15) is 0 Å². The molecular formula is C15H23N5O2. The van der Waals surface area contributed by atoms with Crippen LogP contribution in [0.15, 0.2) is 34.5 Å². The number of amides is 1. The highest BCUT2D eigenvalue weighted by atomic mass is 16.5. The molecule has 5 N–H and O–H groups in total. The Morgan fingerprint density at radius 2 is 1.91 bits per heavy atom. The van der Waals surface area contributed by atoms with Crippen molar-refractivity contribution in [2.45, 2.75) is 26.8 Å². The number of ether oxygens (including phenoxy) is 1. The minimum atomic E-state index is -0.0358. The van der Waals surface area contributed by atoms with E-state index in [0.717, 1.165) is 11.1 Å². The Morgan fingerprint density at radius 1 is 1.23 bits per heavy atom. The number of nitrogens with zero attached hydrogens (tertiary/aromatic N) is 2. The summed E-state index contributed by atoms with van der Waals surface area (Å²) in [5.74, 6) is 0.595. The van der Waals surface area contributed by atoms with Crippen LogP contribution < -0.4 is 16.8 Å². The summed E-state index contributed by atoms with van der Waals surface area (Å²) in [6, 6.07) is 7.39. The fourth-order valence-corrected chi connectivity index (χ4v) is 1.58. The van der Waals surface area contributed by atoms with Crippen molar-refractivity contribution in [1.82, 2.24) is 5.32 Å². The lowest BCUT2D eigenvalue weighted by molar-refractivity contribution is -0.122. The molecule has 0 aliphatic rings. The van der Waals surface area contributed by atoms with E-state index in [9.17, 15) is 4.79 Å². The summed E-state index contributed by atoms with van der Waals surface area (Å²) < 4.78 is 5.13. The van der Waals surface area contributed by atoms with Crippen molar-refractivity contribution < 1.29 is 9.53 Å². The first kappa shape index (κ1) is 17.6. The van der Waals surface area contributed by atoms with E-state index >= 15 is 0 Å². The summed E-state index contributed by atoms with van der Waals surface area (Å²) >= 11 is 0. The van der Waals surface area contributed by atoms with Gasteiger partial charge in [-0.15, -0.1) is 10.2 Å². The van der Waals surface area contributed by atoms with Gasteiger partial charge in [0, 0.05) is 25.1 Å². The maximum atomic E-state index is 11.6. The van der Waals surface area contributed by atoms with Gasteiger partial charge in [-0.1, -0.05) is 24.3 Å². The largest absolute Gasteiger partial charge is 0.386 e. The molecule has 1 aromatic carbocycles. The summed E-state index contributed by atoms with van der Waals surface area (Å²) in [5.41, 5.74) is 12.9. The average molecular weight is 305 g/mol. The van der Waals surface area contributed by atoms with Crippen LogP contribution in [0.4, 0.5) is 0 Å². The second kappa shape index (κ2) is 9.51. The van der Waals surface area contributed by atoms with Gasteiger partial charge >= 0.3 is 0 Å². The maximum absolute atomic E-state index is 11.6. The molecule has 0 heterocycles. The van der Waals surface area contributed by atoms with E-state index in [1.54, 1.807) is 6.92 Å². The lowest BCUT2D eigenvalue weighted by atomic mass is 10.1. The Hall–Kier alpha value is -2.41. The summed E-state index contributed by atoms with van der Waals surface area (Å²) in [5, 5.41) is 10.3. The molecule has 0 saturated carbocycles. The van der Waals surface area contributed by atoms with Crippen LogP contribution in [0.3, 0.4) is 0 Å². The van der Waals surface area contributed by atoms with Crippen molar-refractivity contribution >= 4 is 17.6 Å². The molecule has 0 fully saturated rings. The molecule has 0 saturated heterocycles. The number of carbonyl (C=O) groups excluding carboxylic acids is 1. The van der Waals surface area contributed by atoms with Crippen LogP contribution >= 0.6 is 0 Å². The molecule has 0 aromatic heterocycles. The zero-order chi connectivity index (χ0) is 16.4. The van der Waals surface area contributed by atoms with E-state index in [4.69, 9.17) is 16.2 Å². The Morgan fingerprint density at radius 3 is 2.50 bits per heavy atom. The number of hydrogen-bond acceptors (Lipinski definition) is 4. The van der Waals surface area contributed by atoms with Gasteiger partial charge < -0.3 is 21.5 Å². The van der Waals surface area contributed by atoms with Crippen molar-refractivity contribution in [3.63, 3.8) is 0 Å². The fourth-order valence-electron chi connectivity index (χ4n) is 1.58. The smallest absolute Gasteiger partial charge is 0.222 e. The van der Waals surface area contributed by atoms with Crippen LogP contribution in [0, 0.1) is 0 Å². The molecule has 0 atom stereocenters. The number of nitrogens with one attached hydrogen (secondary N) is 1. The molecule has 7 nitrogen and oxygen atoms in total. The van der Waals surface area contributed by atoms with E-state index in [0.29, 0.717) is 32.0 Å². The van der Waals surface area contributed by atoms with E-state index in [1.807, 2.05) is 31.2 Å². The molecule has 0 unspecified atom stereocenters. The Kier molecular flexibility index (Phi) is 7.63. The Bertz CT molecular complexity index is 533. The second-order valence-corrected chi connectivity index (χ2v) is 4.65. The maximum Gasteiger partial charge on any atom is 0.222 e. The first-order valence-electron chi connectivity index (χ1n) is 7.10. The molecule has 22 heavy (non-hydrogen) atoms. The number of nitrogens with two attached hydrogens (primary N) is 2. The molecule has 7 heteroatoms. The monoisotopic (exact) mass is 305 g/mol. The molecule has 120 valence electrons. The van der Waals surface area contributed by atoms with E-state index in [1.165, 1.54) is 0 Å². The second-order valence-electron chi connectivity index (χ2n) is 4.65. The molecule has 0 bridgehead atoms. The van der Waals surface area contributed by atoms with Gasteiger partial charge in [-0.3, -0.25) is 4.79 Å². The zero-order valence-corrected chi connectivity index (χ0v) is 13.0. The van der Waals surface area contributed by atoms with Crippen molar-refractivity contribution in [3.05, 3.63) is 35.4 Å². The molecule has 1 aromatic rings. The third-order valence-electron chi connectivity index (χ3n) is 2.73. The molecule has 0 aliphatic carbocycles. The average Bonchev–Trinajstić information content (AvgIpc) is 2.51. The number of rotatable bonds is 8. The van der Waals surface area contributed by atoms with E-state index in [2.05, 4.69) is 15.5 Å². The van der Waals surface area contributed by atoms with Crippen LogP contribution in [-0.4, -0.2) is 30.8 Å². The predicted molar refractivity (Wildman–Crippen MR) is 87.4 cm³/mol. The molecule has 1 amide bonds. The SMILES string of the molecule is CCOCCC(=O)NCc1ccc(/C(N)=N/N=C(/C)N)cc1. The van der Waals surface area contributed by atoms with Gasteiger partial charge in [0.25, 0.3) is 0 Å². The quantitative estimate of drug-likeness (QED) is 0.284. The highest BCUT2D eigenvalue weighted by Crippen LogP contribution is 2.04. The molecule has 0 radical (unpaired) electrons. The van der Waals surface area contributed by atoms with Crippen LogP contribution in [0.2, 0.25) is 0 Å². The van der Waals surface area contributed by atoms with E-state index < -0.39 is 0 Å². The van der Waals surface area contributed by atoms with Gasteiger partial charge in [0.15, 0.2) is 5.84 Å². The van der Waals surface area contributed by atoms with Gasteiger partial charge in [0.1, 0.15) is 5.84 Å². The Balaban J connectivity index is 2.50. The molecule has 0 spiro atoms. The number of hydrogen-bond donors (Lipinski definition) is 3. The minimum Gasteiger partial charge on any atom is -0.386 e. The van der Waals surface area contributed by atoms with Crippen LogP contribution in [0.1, 0.15) is 31.4 Å². The Labute approximate surface area is 130 Å². The summed E-state index contributed by atoms with van der Waals surface area (Å²) in [6.45, 7) is 5.05. The first-order chi connectivity index (χ1) is 10.5. The fraction of sp³-hybridized carbons (Fsp3) is 0.400. The zero-order valence-electron chi connectivity index (χ0n) is 13.0. The van der Waals surface area contributed by atoms with Crippen LogP contribution in [-0.2, 0) is 16.1 Å². The normalized spacial score (nSPS) is 12.3. The summed E-state index contributed by atoms with van der Waals surface area (Å²) in [4.78, 5) is 11.6. The van der Waals surface area contributed by atoms with Gasteiger partial charge in [0.2, 0.25) is 5.91 Å². The van der Waals surface area contributed by atoms with Crippen LogP contribution in [0.5, 0.6) is 0 Å². The number of benzene rings is 1. The van der Waals surface area contributed by atoms with Crippen LogP contribution in [0.25, 0.3) is 0 Å². The molecule has 0 aliphatic heterocycles. The lowest BCUT2D eigenvalue weighted by Crippen LogP contribution is -2.24. The highest BCUT2D eigenvalue weighted by molar-refractivity contribution is 5.97. The molecular weight excluding hydrogens is 282 g/mol. The van der Waals surface area contributed by atoms with Crippen molar-refractivity contribution in [2.75, 3.05) is 13.2 Å². The lowest BCUT2D eigenvalue weighted by Gasteiger charge is -2.06. The van der Waals surface area contributed by atoms with Crippen molar-refractivity contribution in [2.24, 2.45) is 21.7 Å².